The number of aromatic amines is 1. The molecule has 6 rings (SSSR count). The van der Waals surface area contributed by atoms with Gasteiger partial charge in [-0.1, -0.05) is 108 Å². The number of rotatable bonds is 26. The van der Waals surface area contributed by atoms with Gasteiger partial charge in [0.15, 0.2) is 5.96 Å². The SMILES string of the molecule is CC(C)[C@@H]1NC(=O)[C@@H](NC(=O)[C@H](Cc2ccc(O)cc2)NC(=O)CN(C(=O)CCN)C2CCCC2)CSSC[C@H](C(N)=O)NC(=O)[C@H](CCC(=O)O)NC(=O)[C@H](Cc2c[nH]c3ccccc23)NC(=O)[C@H](CCC(N)=O)NC(=O)CCNC(=O)[C@H](CCCN=C(N)N)NC(=O)[C@H](Cc2ccccc2Cl)NC1=O. The van der Waals surface area contributed by atoms with Gasteiger partial charge in [-0.2, -0.15) is 0 Å². The lowest BCUT2D eigenvalue weighted by molar-refractivity contribution is -0.139. The molecule has 0 radical (unpaired) electrons. The molecule has 13 amide bonds. The number of nitrogens with zero attached hydrogens (tertiary/aromatic N) is 2. The number of para-hydroxylation sites is 1. The fourth-order valence-electron chi connectivity index (χ4n) is 11.8. The highest BCUT2D eigenvalue weighted by Crippen LogP contribution is 2.27. The molecule has 23 N–H and O–H groups in total. The minimum absolute atomic E-state index is 0.00962. The number of aliphatic imine (C=N–C) groups is 1. The zero-order valence-electron chi connectivity index (χ0n) is 58.8. The first-order valence-corrected chi connectivity index (χ1v) is 37.5. The molecule has 0 spiro atoms. The van der Waals surface area contributed by atoms with Crippen LogP contribution in [0, 0.1) is 5.92 Å². The maximum Gasteiger partial charge on any atom is 0.303 e. The van der Waals surface area contributed by atoms with E-state index in [2.05, 4.69) is 63.1 Å². The van der Waals surface area contributed by atoms with E-state index in [1.54, 1.807) is 62.5 Å². The van der Waals surface area contributed by atoms with Crippen LogP contribution in [0.1, 0.15) is 108 Å². The number of aromatic nitrogens is 1. The first-order chi connectivity index (χ1) is 50.5. The van der Waals surface area contributed by atoms with Crippen LogP contribution in [0.25, 0.3) is 10.9 Å². The number of aromatic hydroxyl groups is 1. The van der Waals surface area contributed by atoms with Crippen molar-refractivity contribution in [3.63, 3.8) is 0 Å². The summed E-state index contributed by atoms with van der Waals surface area (Å²) in [5, 5.41) is 47.0. The molecule has 1 saturated heterocycles. The van der Waals surface area contributed by atoms with Crippen molar-refractivity contribution in [2.75, 3.05) is 37.7 Å². The van der Waals surface area contributed by atoms with Crippen molar-refractivity contribution in [1.29, 1.82) is 0 Å². The Bertz CT molecular complexity index is 3800. The summed E-state index contributed by atoms with van der Waals surface area (Å²) in [6.07, 6.45) is 0.808. The first-order valence-electron chi connectivity index (χ1n) is 34.6. The van der Waals surface area contributed by atoms with Crippen LogP contribution in [-0.2, 0) is 86.4 Å². The van der Waals surface area contributed by atoms with E-state index in [1.165, 1.54) is 35.2 Å². The fraction of sp³-hybridized carbons (Fsp3) is 0.493. The topological polar surface area (TPSA) is 561 Å². The van der Waals surface area contributed by atoms with Gasteiger partial charge in [-0.25, -0.2) is 0 Å². The Labute approximate surface area is 624 Å². The number of benzene rings is 3. The van der Waals surface area contributed by atoms with Crippen molar-refractivity contribution >= 4 is 133 Å². The maximum absolute atomic E-state index is 15.1. The highest BCUT2D eigenvalue weighted by atomic mass is 35.5. The molecular weight excluding hydrogens is 1440 g/mol. The number of primary amides is 2. The Morgan fingerprint density at radius 2 is 1.26 bits per heavy atom. The number of hydrogen-bond acceptors (Lipinski definition) is 19. The molecule has 9 atom stereocenters. The summed E-state index contributed by atoms with van der Waals surface area (Å²) in [6.45, 7) is 2.24. The van der Waals surface area contributed by atoms with Gasteiger partial charge in [0.1, 0.15) is 60.1 Å². The van der Waals surface area contributed by atoms with Gasteiger partial charge in [0.2, 0.25) is 76.8 Å². The van der Waals surface area contributed by atoms with Crippen molar-refractivity contribution in [3.8, 4) is 5.75 Å². The molecule has 2 heterocycles. The van der Waals surface area contributed by atoms with Gasteiger partial charge in [-0.3, -0.25) is 72.1 Å². The van der Waals surface area contributed by atoms with Crippen LogP contribution >= 0.6 is 33.2 Å². The number of phenolic OH excluding ortho intramolecular Hbond substituents is 1. The smallest absolute Gasteiger partial charge is 0.303 e. The molecule has 34 nitrogen and oxygen atoms in total. The van der Waals surface area contributed by atoms with E-state index in [4.69, 9.17) is 40.3 Å². The highest BCUT2D eigenvalue weighted by molar-refractivity contribution is 8.76. The normalized spacial score (nSPS) is 21.4. The average Bonchev–Trinajstić information content (AvgIpc) is 1.65. The van der Waals surface area contributed by atoms with Crippen molar-refractivity contribution < 1.29 is 77.3 Å². The number of amides is 13. The van der Waals surface area contributed by atoms with Gasteiger partial charge in [-0.15, -0.1) is 0 Å². The van der Waals surface area contributed by atoms with Gasteiger partial charge < -0.3 is 102 Å². The minimum Gasteiger partial charge on any atom is -0.508 e. The summed E-state index contributed by atoms with van der Waals surface area (Å²) in [5.41, 5.74) is 30.2. The first kappa shape index (κ1) is 84.7. The van der Waals surface area contributed by atoms with Gasteiger partial charge in [0, 0.05) is 104 Å². The standard InChI is InChI=1S/C69H95ClN18O16S2/c1-37(2)59-68(104)84-50(31-39-10-3-7-14-44(39)70)65(101)81-46(16-9-28-77-69(74)75)61(97)76-29-26-55(91)79-47(21-23-54(72)90)62(98)83-51(32-40-33-78-45-15-8-6-13-43(40)45)66(102)82-48(22-24-58(94)95)63(99)85-52(60(73)96)35-105-106-36-53(67(103)87-59)86-64(100)49(30-38-17-19-42(89)20-18-38)80-56(92)34-88(57(93)25-27-71)41-11-4-5-12-41/h3,6-8,10,13-15,17-20,33,37,41,46-53,59,78,89H,4-5,9,11-12,16,21-32,34-36,71H2,1-2H3,(H2,72,90)(H2,73,96)(H,76,97)(H,79,91)(H,80,92)(H,81,101)(H,82,102)(H,83,98)(H,84,104)(H,85,99)(H,86,100)(H,87,103)(H,94,95)(H4,74,75,77)/t46-,47-,48-,49-,50-,51-,52+,53-,59-/m0/s1. The number of aliphatic carboxylic acids is 1. The fourth-order valence-corrected chi connectivity index (χ4v) is 14.3. The number of guanidine groups is 1. The molecule has 106 heavy (non-hydrogen) atoms. The number of nitrogens with two attached hydrogens (primary N) is 5. The molecule has 0 bridgehead atoms. The van der Waals surface area contributed by atoms with Crippen molar-refractivity contribution in [2.45, 2.75) is 171 Å². The van der Waals surface area contributed by atoms with Crippen molar-refractivity contribution in [1.82, 2.24) is 63.1 Å². The Morgan fingerprint density at radius 1 is 0.670 bits per heavy atom. The lowest BCUT2D eigenvalue weighted by Gasteiger charge is -2.30. The predicted octanol–water partition coefficient (Wildman–Crippen LogP) is -1.74. The third kappa shape index (κ3) is 27.7. The van der Waals surface area contributed by atoms with E-state index in [0.717, 1.165) is 34.4 Å². The molecule has 4 aromatic rings. The van der Waals surface area contributed by atoms with Gasteiger partial charge in [-0.05, 0) is 85.4 Å². The van der Waals surface area contributed by atoms with Crippen molar-refractivity contribution in [2.24, 2.45) is 39.6 Å². The summed E-state index contributed by atoms with van der Waals surface area (Å²) in [7, 11) is 1.71. The Morgan fingerprint density at radius 3 is 1.91 bits per heavy atom. The molecule has 2 fully saturated rings. The van der Waals surface area contributed by atoms with Crippen LogP contribution in [0.3, 0.4) is 0 Å². The van der Waals surface area contributed by atoms with E-state index >= 15 is 4.79 Å². The number of phenols is 1. The molecule has 3 aromatic carbocycles. The summed E-state index contributed by atoms with van der Waals surface area (Å²) in [4.78, 5) is 205. The second-order valence-electron chi connectivity index (χ2n) is 26.0. The van der Waals surface area contributed by atoms with Crippen LogP contribution < -0.4 is 81.8 Å². The monoisotopic (exact) mass is 1530 g/mol. The lowest BCUT2D eigenvalue weighted by atomic mass is 10.00. The Hall–Kier alpha value is -10.2. The van der Waals surface area contributed by atoms with E-state index in [1.807, 2.05) is 0 Å². The Kier molecular flexibility index (Phi) is 34.1. The molecule has 0 unspecified atom stereocenters. The number of carbonyl (C=O) groups excluding carboxylic acids is 13. The van der Waals surface area contributed by atoms with Crippen LogP contribution in [0.4, 0.5) is 0 Å². The van der Waals surface area contributed by atoms with E-state index in [0.29, 0.717) is 40.4 Å². The maximum atomic E-state index is 15.1. The number of fused-ring (bicyclic) bond motifs is 1. The molecule has 2 aliphatic rings. The number of H-pyrrole nitrogens is 1. The van der Waals surface area contributed by atoms with Crippen LogP contribution in [0.15, 0.2) is 84.0 Å². The van der Waals surface area contributed by atoms with Crippen LogP contribution in [0.2, 0.25) is 5.02 Å². The number of hydrogen-bond donors (Lipinski definition) is 18. The Balaban J connectivity index is 1.42. The largest absolute Gasteiger partial charge is 0.508 e. The summed E-state index contributed by atoms with van der Waals surface area (Å²) in [5.74, 6) is -15.2. The van der Waals surface area contributed by atoms with Crippen molar-refractivity contribution in [3.05, 3.63) is 101 Å². The van der Waals surface area contributed by atoms with Crippen LogP contribution in [0.5, 0.6) is 5.75 Å². The molecule has 576 valence electrons. The zero-order valence-corrected chi connectivity index (χ0v) is 61.2. The number of carbonyl (C=O) groups is 14. The van der Waals surface area contributed by atoms with Gasteiger partial charge in [0.25, 0.3) is 0 Å². The molecular formula is C69H95ClN18O16S2. The molecule has 1 aliphatic carbocycles. The summed E-state index contributed by atoms with van der Waals surface area (Å²) in [6, 6.07) is 4.53. The van der Waals surface area contributed by atoms with Gasteiger partial charge in [0.05, 0.1) is 6.54 Å². The minimum atomic E-state index is -1.74. The second-order valence-corrected chi connectivity index (χ2v) is 28.9. The molecule has 1 aromatic heterocycles. The quantitative estimate of drug-likeness (QED) is 0.0144. The molecule has 37 heteroatoms. The van der Waals surface area contributed by atoms with E-state index in [9.17, 15) is 72.5 Å². The number of carboxylic acid groups (broad SMARTS) is 1. The van der Waals surface area contributed by atoms with E-state index < -0.39 is 194 Å². The van der Waals surface area contributed by atoms with Gasteiger partial charge >= 0.3 is 5.97 Å². The third-order valence-corrected chi connectivity index (χ3v) is 20.3. The highest BCUT2D eigenvalue weighted by Gasteiger charge is 2.38. The lowest BCUT2D eigenvalue weighted by Crippen LogP contribution is -2.61. The summed E-state index contributed by atoms with van der Waals surface area (Å²) < 4.78 is 0. The second kappa shape index (κ2) is 42.7. The molecule has 1 saturated carbocycles. The zero-order chi connectivity index (χ0) is 77.6. The summed E-state index contributed by atoms with van der Waals surface area (Å²) >= 11 is 6.64. The number of halogens is 1. The molecule has 1 aliphatic heterocycles. The number of carboxylic acids is 1. The third-order valence-electron chi connectivity index (χ3n) is 17.5. The van der Waals surface area contributed by atoms with E-state index in [-0.39, 0.29) is 80.3 Å². The average molecular weight is 1530 g/mol. The van der Waals surface area contributed by atoms with Crippen LogP contribution in [-0.4, -0.2) is 207 Å². The predicted molar refractivity (Wildman–Crippen MR) is 396 cm³/mol. The number of nitrogens with one attached hydrogen (secondary N) is 11.